The van der Waals surface area contributed by atoms with Crippen molar-refractivity contribution < 1.29 is 9.21 Å². The number of piperazine rings is 1. The number of aromatic nitrogens is 1. The van der Waals surface area contributed by atoms with E-state index in [2.05, 4.69) is 41.5 Å². The molecule has 2 aromatic carbocycles. The molecule has 1 fully saturated rings. The molecular weight excluding hydrogens is 338 g/mol. The van der Waals surface area contributed by atoms with E-state index < -0.39 is 0 Å². The summed E-state index contributed by atoms with van der Waals surface area (Å²) in [5.74, 6) is 0.784. The molecule has 1 atom stereocenters. The minimum atomic E-state index is 0.0841. The molecule has 2 heterocycles. The van der Waals surface area contributed by atoms with Gasteiger partial charge in [0.15, 0.2) is 11.5 Å². The maximum Gasteiger partial charge on any atom is 0.223 e. The second-order valence-corrected chi connectivity index (χ2v) is 6.98. The van der Waals surface area contributed by atoms with Crippen LogP contribution in [0.5, 0.6) is 0 Å². The first-order chi connectivity index (χ1) is 13.2. The van der Waals surface area contributed by atoms with E-state index in [9.17, 15) is 4.79 Å². The maximum absolute atomic E-state index is 12.9. The normalized spacial score (nSPS) is 17.4. The van der Waals surface area contributed by atoms with Gasteiger partial charge in [0.05, 0.1) is 6.04 Å². The summed E-state index contributed by atoms with van der Waals surface area (Å²) in [6.45, 7) is 4.50. The Kier molecular flexibility index (Phi) is 5.21. The van der Waals surface area contributed by atoms with Gasteiger partial charge in [-0.3, -0.25) is 4.79 Å². The summed E-state index contributed by atoms with van der Waals surface area (Å²) in [6.07, 6.45) is 1.96. The lowest BCUT2D eigenvalue weighted by Gasteiger charge is -2.36. The summed E-state index contributed by atoms with van der Waals surface area (Å²) in [7, 11) is 0. The van der Waals surface area contributed by atoms with Crippen molar-refractivity contribution in [1.82, 2.24) is 15.2 Å². The van der Waals surface area contributed by atoms with Gasteiger partial charge in [-0.25, -0.2) is 4.98 Å². The lowest BCUT2D eigenvalue weighted by molar-refractivity contribution is -0.134. The zero-order valence-corrected chi connectivity index (χ0v) is 15.6. The van der Waals surface area contributed by atoms with Crippen molar-refractivity contribution in [2.75, 3.05) is 19.6 Å². The average Bonchev–Trinajstić information content (AvgIpc) is 3.15. The van der Waals surface area contributed by atoms with Crippen LogP contribution in [-0.2, 0) is 17.6 Å². The number of hydrogen-bond acceptors (Lipinski definition) is 4. The molecule has 1 N–H and O–H groups in total. The number of para-hydroxylation sites is 2. The summed E-state index contributed by atoms with van der Waals surface area (Å²) < 4.78 is 5.75. The molecule has 27 heavy (non-hydrogen) atoms. The third-order valence-electron chi connectivity index (χ3n) is 5.23. The van der Waals surface area contributed by atoms with Crippen LogP contribution in [0, 0.1) is 0 Å². The van der Waals surface area contributed by atoms with Gasteiger partial charge in [-0.15, -0.1) is 0 Å². The third kappa shape index (κ3) is 3.88. The largest absolute Gasteiger partial charge is 0.441 e. The highest BCUT2D eigenvalue weighted by Gasteiger charge is 2.27. The minimum absolute atomic E-state index is 0.0841. The fourth-order valence-corrected chi connectivity index (χ4v) is 3.66. The highest BCUT2D eigenvalue weighted by Crippen LogP contribution is 2.24. The number of carbonyl (C=O) groups excluding carboxylic acids is 1. The number of benzene rings is 2. The first-order valence-electron chi connectivity index (χ1n) is 9.68. The summed E-state index contributed by atoms with van der Waals surface area (Å²) >= 11 is 0. The zero-order chi connectivity index (χ0) is 18.6. The van der Waals surface area contributed by atoms with Crippen LogP contribution < -0.4 is 5.32 Å². The topological polar surface area (TPSA) is 58.4 Å². The van der Waals surface area contributed by atoms with Crippen molar-refractivity contribution in [3.63, 3.8) is 0 Å². The number of amides is 1. The predicted molar refractivity (Wildman–Crippen MR) is 105 cm³/mol. The van der Waals surface area contributed by atoms with Gasteiger partial charge in [-0.1, -0.05) is 43.3 Å². The number of fused-ring (bicyclic) bond motifs is 1. The van der Waals surface area contributed by atoms with Gasteiger partial charge < -0.3 is 14.6 Å². The number of nitrogens with zero attached hydrogens (tertiary/aromatic N) is 2. The number of oxazole rings is 1. The highest BCUT2D eigenvalue weighted by molar-refractivity contribution is 5.77. The Morgan fingerprint density at radius 1 is 1.22 bits per heavy atom. The fourth-order valence-electron chi connectivity index (χ4n) is 3.66. The summed E-state index contributed by atoms with van der Waals surface area (Å²) in [6, 6.07) is 16.4. The lowest BCUT2D eigenvalue weighted by atomic mass is 10.0. The molecule has 1 aliphatic rings. The Morgan fingerprint density at radius 2 is 2.04 bits per heavy atom. The molecule has 0 bridgehead atoms. The van der Waals surface area contributed by atoms with Gasteiger partial charge in [0.25, 0.3) is 0 Å². The molecule has 0 radical (unpaired) electrons. The van der Waals surface area contributed by atoms with Crippen LogP contribution in [0.2, 0.25) is 0 Å². The standard InChI is InChI=1S/C22H25N3O2/c1-2-16-7-9-17(10-8-16)19-15-23-13-14-25(19)22(26)12-11-21-24-18-5-3-4-6-20(18)27-21/h3-10,19,23H,2,11-15H2,1H3. The van der Waals surface area contributed by atoms with Gasteiger partial charge in [0.1, 0.15) is 5.52 Å². The van der Waals surface area contributed by atoms with Crippen LogP contribution in [0.4, 0.5) is 0 Å². The number of nitrogens with one attached hydrogen (secondary N) is 1. The quantitative estimate of drug-likeness (QED) is 0.754. The van der Waals surface area contributed by atoms with Crippen molar-refractivity contribution in [2.24, 2.45) is 0 Å². The van der Waals surface area contributed by atoms with Gasteiger partial charge in [-0.05, 0) is 29.7 Å². The molecule has 0 aliphatic carbocycles. The summed E-state index contributed by atoms with van der Waals surface area (Å²) in [5.41, 5.74) is 4.12. The highest BCUT2D eigenvalue weighted by atomic mass is 16.3. The molecule has 140 valence electrons. The molecule has 1 aliphatic heterocycles. The van der Waals surface area contributed by atoms with Crippen molar-refractivity contribution in [2.45, 2.75) is 32.2 Å². The molecule has 5 nitrogen and oxygen atoms in total. The predicted octanol–water partition coefficient (Wildman–Crippen LogP) is 3.50. The van der Waals surface area contributed by atoms with Crippen LogP contribution >= 0.6 is 0 Å². The summed E-state index contributed by atoms with van der Waals surface area (Å²) in [4.78, 5) is 19.4. The van der Waals surface area contributed by atoms with Gasteiger partial charge >= 0.3 is 0 Å². The van der Waals surface area contributed by atoms with Crippen molar-refractivity contribution in [3.8, 4) is 0 Å². The van der Waals surface area contributed by atoms with E-state index in [-0.39, 0.29) is 11.9 Å². The van der Waals surface area contributed by atoms with Crippen LogP contribution in [0.15, 0.2) is 52.9 Å². The van der Waals surface area contributed by atoms with Crippen molar-refractivity contribution in [1.29, 1.82) is 0 Å². The van der Waals surface area contributed by atoms with E-state index in [1.165, 1.54) is 11.1 Å². The van der Waals surface area contributed by atoms with Gasteiger partial charge in [-0.2, -0.15) is 0 Å². The smallest absolute Gasteiger partial charge is 0.223 e. The van der Waals surface area contributed by atoms with E-state index in [0.717, 1.165) is 37.2 Å². The Bertz CT molecular complexity index is 884. The van der Waals surface area contributed by atoms with Crippen molar-refractivity contribution >= 4 is 17.0 Å². The molecule has 1 aromatic heterocycles. The Morgan fingerprint density at radius 3 is 2.81 bits per heavy atom. The first-order valence-corrected chi connectivity index (χ1v) is 9.68. The van der Waals surface area contributed by atoms with Gasteiger partial charge in [0.2, 0.25) is 5.91 Å². The first kappa shape index (κ1) is 17.7. The number of rotatable bonds is 5. The van der Waals surface area contributed by atoms with Crippen LogP contribution in [0.1, 0.15) is 36.4 Å². The monoisotopic (exact) mass is 363 g/mol. The molecule has 5 heteroatoms. The van der Waals surface area contributed by atoms with E-state index in [4.69, 9.17) is 4.42 Å². The molecular formula is C22H25N3O2. The zero-order valence-electron chi connectivity index (χ0n) is 15.6. The van der Waals surface area contributed by atoms with Crippen LogP contribution in [0.3, 0.4) is 0 Å². The molecule has 0 saturated carbocycles. The SMILES string of the molecule is CCc1ccc(C2CNCCN2C(=O)CCc2nc3ccccc3o2)cc1. The molecule has 3 aromatic rings. The van der Waals surface area contributed by atoms with E-state index in [1.807, 2.05) is 29.2 Å². The average molecular weight is 363 g/mol. The molecule has 4 rings (SSSR count). The molecule has 1 unspecified atom stereocenters. The Labute approximate surface area is 159 Å². The second-order valence-electron chi connectivity index (χ2n) is 6.98. The van der Waals surface area contributed by atoms with Crippen LogP contribution in [-0.4, -0.2) is 35.4 Å². The maximum atomic E-state index is 12.9. The van der Waals surface area contributed by atoms with E-state index >= 15 is 0 Å². The fraction of sp³-hybridized carbons (Fsp3) is 0.364. The number of hydrogen-bond donors (Lipinski definition) is 1. The van der Waals surface area contributed by atoms with E-state index in [1.54, 1.807) is 0 Å². The molecule has 1 saturated heterocycles. The lowest BCUT2D eigenvalue weighted by Crippen LogP contribution is -2.48. The molecule has 0 spiro atoms. The third-order valence-corrected chi connectivity index (χ3v) is 5.23. The van der Waals surface area contributed by atoms with E-state index in [0.29, 0.717) is 18.7 Å². The minimum Gasteiger partial charge on any atom is -0.441 e. The second kappa shape index (κ2) is 7.92. The number of carbonyl (C=O) groups is 1. The Hall–Kier alpha value is -2.66. The van der Waals surface area contributed by atoms with Gasteiger partial charge in [0, 0.05) is 32.5 Å². The number of aryl methyl sites for hydroxylation is 2. The Balaban J connectivity index is 1.45. The van der Waals surface area contributed by atoms with Crippen LogP contribution in [0.25, 0.3) is 11.1 Å². The summed E-state index contributed by atoms with van der Waals surface area (Å²) in [5, 5.41) is 3.41. The van der Waals surface area contributed by atoms with Crippen molar-refractivity contribution in [3.05, 3.63) is 65.5 Å². The molecule has 1 amide bonds.